The van der Waals surface area contributed by atoms with E-state index in [1.54, 1.807) is 13.3 Å². The summed E-state index contributed by atoms with van der Waals surface area (Å²) in [6, 6.07) is 13.6. The standard InChI is InChI=1S/C22H26N4O3/c1-16(29-18-7-4-3-5-8-18)22(27)25-13-10-17(11-14-25)26-20(15-28-2)24-19-9-6-12-23-21(19)26/h3-9,12,16-17H,10-11,13-15H2,1-2H3/t16-/m0/s1. The van der Waals surface area contributed by atoms with Crippen LogP contribution in [0.3, 0.4) is 0 Å². The fraction of sp³-hybridized carbons (Fsp3) is 0.409. The van der Waals surface area contributed by atoms with Crippen molar-refractivity contribution < 1.29 is 14.3 Å². The molecule has 7 nitrogen and oxygen atoms in total. The Hall–Kier alpha value is -2.93. The molecule has 0 unspecified atom stereocenters. The Bertz CT molecular complexity index is 965. The molecule has 1 aromatic carbocycles. The van der Waals surface area contributed by atoms with Gasteiger partial charge in [0.25, 0.3) is 5.91 Å². The zero-order chi connectivity index (χ0) is 20.2. The smallest absolute Gasteiger partial charge is 0.263 e. The molecule has 0 bridgehead atoms. The topological polar surface area (TPSA) is 69.5 Å². The first-order chi connectivity index (χ1) is 14.2. The van der Waals surface area contributed by atoms with E-state index in [0.717, 1.165) is 29.8 Å². The molecule has 7 heteroatoms. The summed E-state index contributed by atoms with van der Waals surface area (Å²) in [5.74, 6) is 1.62. The predicted octanol–water partition coefficient (Wildman–Crippen LogP) is 3.21. The van der Waals surface area contributed by atoms with Gasteiger partial charge >= 0.3 is 0 Å². The summed E-state index contributed by atoms with van der Waals surface area (Å²) in [4.78, 5) is 23.9. The number of amides is 1. The maximum absolute atomic E-state index is 12.8. The van der Waals surface area contributed by atoms with Crippen LogP contribution in [-0.2, 0) is 16.1 Å². The van der Waals surface area contributed by atoms with Crippen molar-refractivity contribution in [2.24, 2.45) is 0 Å². The number of nitrogens with zero attached hydrogens (tertiary/aromatic N) is 4. The molecule has 1 aliphatic heterocycles. The molecule has 4 rings (SSSR count). The van der Waals surface area contributed by atoms with Crippen LogP contribution in [0.5, 0.6) is 5.75 Å². The van der Waals surface area contributed by atoms with Crippen LogP contribution in [0, 0.1) is 0 Å². The second-order valence-corrected chi connectivity index (χ2v) is 7.31. The van der Waals surface area contributed by atoms with Crippen molar-refractivity contribution >= 4 is 17.1 Å². The lowest BCUT2D eigenvalue weighted by atomic mass is 10.0. The van der Waals surface area contributed by atoms with E-state index in [4.69, 9.17) is 9.47 Å². The molecule has 0 radical (unpaired) electrons. The lowest BCUT2D eigenvalue weighted by Gasteiger charge is -2.34. The summed E-state index contributed by atoms with van der Waals surface area (Å²) >= 11 is 0. The van der Waals surface area contributed by atoms with Gasteiger partial charge in [-0.2, -0.15) is 0 Å². The molecule has 152 valence electrons. The van der Waals surface area contributed by atoms with E-state index in [-0.39, 0.29) is 11.9 Å². The van der Waals surface area contributed by atoms with Gasteiger partial charge in [-0.25, -0.2) is 9.97 Å². The summed E-state index contributed by atoms with van der Waals surface area (Å²) in [5.41, 5.74) is 1.76. The van der Waals surface area contributed by atoms with Crippen LogP contribution in [0.1, 0.15) is 31.6 Å². The Morgan fingerprint density at radius 1 is 1.17 bits per heavy atom. The van der Waals surface area contributed by atoms with Crippen LogP contribution in [0.15, 0.2) is 48.7 Å². The molecule has 0 saturated carbocycles. The first-order valence-electron chi connectivity index (χ1n) is 9.98. The number of fused-ring (bicyclic) bond motifs is 1. The SMILES string of the molecule is COCc1nc2cccnc2n1C1CCN(C(=O)[C@H](C)Oc2ccccc2)CC1. The van der Waals surface area contributed by atoms with Gasteiger partial charge in [0.15, 0.2) is 11.8 Å². The number of para-hydroxylation sites is 1. The van der Waals surface area contributed by atoms with E-state index >= 15 is 0 Å². The maximum Gasteiger partial charge on any atom is 0.263 e. The first kappa shape index (κ1) is 19.4. The minimum atomic E-state index is -0.506. The molecule has 3 aromatic rings. The van der Waals surface area contributed by atoms with Gasteiger partial charge in [0, 0.05) is 32.4 Å². The van der Waals surface area contributed by atoms with Crippen molar-refractivity contribution in [2.75, 3.05) is 20.2 Å². The van der Waals surface area contributed by atoms with E-state index in [1.165, 1.54) is 0 Å². The fourth-order valence-corrected chi connectivity index (χ4v) is 3.95. The lowest BCUT2D eigenvalue weighted by molar-refractivity contribution is -0.139. The minimum absolute atomic E-state index is 0.0260. The maximum atomic E-state index is 12.8. The van der Waals surface area contributed by atoms with Crippen molar-refractivity contribution in [2.45, 2.75) is 38.5 Å². The monoisotopic (exact) mass is 394 g/mol. The van der Waals surface area contributed by atoms with Crippen molar-refractivity contribution in [1.29, 1.82) is 0 Å². The number of piperidine rings is 1. The molecule has 0 aliphatic carbocycles. The fourth-order valence-electron chi connectivity index (χ4n) is 3.95. The number of likely N-dealkylation sites (tertiary alicyclic amines) is 1. The van der Waals surface area contributed by atoms with E-state index in [2.05, 4.69) is 14.5 Å². The number of methoxy groups -OCH3 is 1. The zero-order valence-electron chi connectivity index (χ0n) is 16.8. The van der Waals surface area contributed by atoms with Crippen LogP contribution in [0.25, 0.3) is 11.2 Å². The quantitative estimate of drug-likeness (QED) is 0.642. The first-order valence-corrected chi connectivity index (χ1v) is 9.98. The summed E-state index contributed by atoms with van der Waals surface area (Å²) in [5, 5.41) is 0. The average molecular weight is 394 g/mol. The van der Waals surface area contributed by atoms with E-state index in [0.29, 0.717) is 25.4 Å². The van der Waals surface area contributed by atoms with Gasteiger partial charge in [-0.3, -0.25) is 4.79 Å². The summed E-state index contributed by atoms with van der Waals surface area (Å²) < 4.78 is 13.3. The number of rotatable bonds is 6. The van der Waals surface area contributed by atoms with Crippen molar-refractivity contribution in [3.05, 3.63) is 54.5 Å². The molecule has 1 aliphatic rings. The third-order valence-corrected chi connectivity index (χ3v) is 5.34. The van der Waals surface area contributed by atoms with Gasteiger partial charge in [0.05, 0.1) is 0 Å². The molecule has 1 amide bonds. The zero-order valence-corrected chi connectivity index (χ0v) is 16.8. The highest BCUT2D eigenvalue weighted by molar-refractivity contribution is 5.81. The van der Waals surface area contributed by atoms with E-state index in [9.17, 15) is 4.79 Å². The number of pyridine rings is 1. The van der Waals surface area contributed by atoms with E-state index < -0.39 is 6.10 Å². The number of imidazole rings is 1. The molecule has 0 N–H and O–H groups in total. The number of carbonyl (C=O) groups excluding carboxylic acids is 1. The highest BCUT2D eigenvalue weighted by atomic mass is 16.5. The summed E-state index contributed by atoms with van der Waals surface area (Å²) in [6.45, 7) is 3.62. The number of hydrogen-bond donors (Lipinski definition) is 0. The molecule has 3 heterocycles. The van der Waals surface area contributed by atoms with Gasteiger partial charge < -0.3 is 18.9 Å². The number of carbonyl (C=O) groups is 1. The van der Waals surface area contributed by atoms with Crippen molar-refractivity contribution in [3.8, 4) is 5.75 Å². The Morgan fingerprint density at radius 2 is 1.93 bits per heavy atom. The van der Waals surface area contributed by atoms with Crippen molar-refractivity contribution in [1.82, 2.24) is 19.4 Å². The van der Waals surface area contributed by atoms with Gasteiger partial charge in [0.2, 0.25) is 0 Å². The molecule has 1 atom stereocenters. The Labute approximate surface area is 170 Å². The Balaban J connectivity index is 1.44. The average Bonchev–Trinajstić information content (AvgIpc) is 3.12. The normalized spacial score (nSPS) is 16.1. The molecule has 0 spiro atoms. The Morgan fingerprint density at radius 3 is 2.66 bits per heavy atom. The number of ether oxygens (including phenoxy) is 2. The second kappa shape index (κ2) is 8.61. The number of aromatic nitrogens is 3. The van der Waals surface area contributed by atoms with Crippen LogP contribution >= 0.6 is 0 Å². The lowest BCUT2D eigenvalue weighted by Crippen LogP contribution is -2.45. The second-order valence-electron chi connectivity index (χ2n) is 7.31. The predicted molar refractivity (Wildman–Crippen MR) is 110 cm³/mol. The van der Waals surface area contributed by atoms with E-state index in [1.807, 2.05) is 54.3 Å². The molecule has 1 fully saturated rings. The minimum Gasteiger partial charge on any atom is -0.481 e. The third-order valence-electron chi connectivity index (χ3n) is 5.34. The molecule has 29 heavy (non-hydrogen) atoms. The number of benzene rings is 1. The van der Waals surface area contributed by atoms with Crippen molar-refractivity contribution in [3.63, 3.8) is 0 Å². The van der Waals surface area contributed by atoms with Gasteiger partial charge in [-0.1, -0.05) is 18.2 Å². The highest BCUT2D eigenvalue weighted by Gasteiger charge is 2.29. The highest BCUT2D eigenvalue weighted by Crippen LogP contribution is 2.28. The molecule has 2 aromatic heterocycles. The number of hydrogen-bond acceptors (Lipinski definition) is 5. The largest absolute Gasteiger partial charge is 0.481 e. The van der Waals surface area contributed by atoms with Crippen LogP contribution in [-0.4, -0.2) is 51.6 Å². The van der Waals surface area contributed by atoms with Gasteiger partial charge in [0.1, 0.15) is 23.7 Å². The van der Waals surface area contributed by atoms with Crippen LogP contribution < -0.4 is 4.74 Å². The van der Waals surface area contributed by atoms with Crippen LogP contribution in [0.2, 0.25) is 0 Å². The van der Waals surface area contributed by atoms with Gasteiger partial charge in [-0.05, 0) is 44.0 Å². The molecular formula is C22H26N4O3. The summed E-state index contributed by atoms with van der Waals surface area (Å²) in [7, 11) is 1.67. The molecular weight excluding hydrogens is 368 g/mol. The Kier molecular flexibility index (Phi) is 5.76. The third kappa shape index (κ3) is 4.10. The van der Waals surface area contributed by atoms with Crippen LogP contribution in [0.4, 0.5) is 0 Å². The molecule has 1 saturated heterocycles. The van der Waals surface area contributed by atoms with Gasteiger partial charge in [-0.15, -0.1) is 0 Å². The summed E-state index contributed by atoms with van der Waals surface area (Å²) in [6.07, 6.45) is 2.98.